The second-order valence-electron chi connectivity index (χ2n) is 3.53. The molecule has 11 heavy (non-hydrogen) atoms. The van der Waals surface area contributed by atoms with E-state index >= 15 is 0 Å². The van der Waals surface area contributed by atoms with Crippen molar-refractivity contribution in [1.29, 1.82) is 0 Å². The van der Waals surface area contributed by atoms with Gasteiger partial charge in [-0.05, 0) is 12.8 Å². The van der Waals surface area contributed by atoms with Crippen LogP contribution < -0.4 is 29.6 Å². The van der Waals surface area contributed by atoms with Gasteiger partial charge in [0.1, 0.15) is 12.1 Å². The molecule has 0 heterocycles. The van der Waals surface area contributed by atoms with Gasteiger partial charge in [-0.25, -0.2) is 0 Å². The van der Waals surface area contributed by atoms with Crippen LogP contribution in [-0.2, 0) is 9.59 Å². The predicted octanol–water partition coefficient (Wildman–Crippen LogP) is -1.69. The Kier molecular flexibility index (Phi) is 3.95. The van der Waals surface area contributed by atoms with Crippen LogP contribution in [0.1, 0.15) is 28.1 Å². The van der Waals surface area contributed by atoms with E-state index in [9.17, 15) is 9.59 Å². The van der Waals surface area contributed by atoms with Gasteiger partial charge in [-0.2, -0.15) is 0 Å². The molecule has 0 aromatic carbocycles. The summed E-state index contributed by atoms with van der Waals surface area (Å²) in [4.78, 5) is 21.5. The molecule has 1 unspecified atom stereocenters. The summed E-state index contributed by atoms with van der Waals surface area (Å²) in [6.07, 6.45) is 2.38. The van der Waals surface area contributed by atoms with Crippen LogP contribution in [0, 0.1) is 11.3 Å². The number of hydrogen-bond acceptors (Lipinski definition) is 2. The van der Waals surface area contributed by atoms with Crippen molar-refractivity contribution in [3.63, 3.8) is 0 Å². The summed E-state index contributed by atoms with van der Waals surface area (Å²) >= 11 is 0. The molecule has 2 nitrogen and oxygen atoms in total. The van der Waals surface area contributed by atoms with Gasteiger partial charge in [0.05, 0.1) is 5.92 Å². The van der Waals surface area contributed by atoms with Crippen LogP contribution in [0.25, 0.3) is 0 Å². The standard InChI is InChI=1S/C8H12O2.Na.H/c1-8(2)4-3-6(5-9)7(8)10;;/h5-6H,3-4H2,1-2H3;;/q;+1;-1. The third kappa shape index (κ3) is 2.14. The summed E-state index contributed by atoms with van der Waals surface area (Å²) < 4.78 is 0. The molecule has 1 atom stereocenters. The largest absolute Gasteiger partial charge is 1.00 e. The maximum atomic E-state index is 11.2. The van der Waals surface area contributed by atoms with E-state index in [0.29, 0.717) is 0 Å². The molecule has 1 saturated carbocycles. The first-order valence-corrected chi connectivity index (χ1v) is 3.57. The SMILES string of the molecule is CC1(C)CCC(C=O)C1=O.[H-].[Na+]. The van der Waals surface area contributed by atoms with Crippen LogP contribution in [0.4, 0.5) is 0 Å². The monoisotopic (exact) mass is 164 g/mol. The first-order chi connectivity index (χ1) is 4.58. The number of Topliss-reactive ketones (excluding diaryl/α,β-unsaturated/α-hetero) is 1. The zero-order chi connectivity index (χ0) is 7.78. The molecule has 0 saturated heterocycles. The zero-order valence-electron chi connectivity index (χ0n) is 8.39. The first-order valence-electron chi connectivity index (χ1n) is 3.57. The van der Waals surface area contributed by atoms with Gasteiger partial charge in [-0.1, -0.05) is 13.8 Å². The number of ketones is 1. The van der Waals surface area contributed by atoms with Gasteiger partial charge in [0.15, 0.2) is 0 Å². The third-order valence-electron chi connectivity index (χ3n) is 2.25. The maximum absolute atomic E-state index is 11.2. The molecular weight excluding hydrogens is 151 g/mol. The summed E-state index contributed by atoms with van der Waals surface area (Å²) in [6.45, 7) is 3.80. The summed E-state index contributed by atoms with van der Waals surface area (Å²) in [5.41, 5.74) is -0.244. The molecule has 0 aliphatic heterocycles. The van der Waals surface area contributed by atoms with Crippen LogP contribution in [0.3, 0.4) is 0 Å². The topological polar surface area (TPSA) is 34.1 Å². The maximum Gasteiger partial charge on any atom is 1.00 e. The van der Waals surface area contributed by atoms with Crippen molar-refractivity contribution in [1.82, 2.24) is 0 Å². The van der Waals surface area contributed by atoms with E-state index in [4.69, 9.17) is 0 Å². The Morgan fingerprint density at radius 3 is 2.36 bits per heavy atom. The number of hydrogen-bond donors (Lipinski definition) is 0. The quantitative estimate of drug-likeness (QED) is 0.263. The Bertz CT molecular complexity index is 180. The third-order valence-corrected chi connectivity index (χ3v) is 2.25. The summed E-state index contributed by atoms with van der Waals surface area (Å²) in [5.74, 6) is -0.197. The summed E-state index contributed by atoms with van der Waals surface area (Å²) in [7, 11) is 0. The fourth-order valence-electron chi connectivity index (χ4n) is 1.40. The van der Waals surface area contributed by atoms with Gasteiger partial charge < -0.3 is 6.22 Å². The number of carbonyl (C=O) groups excluding carboxylic acids is 2. The summed E-state index contributed by atoms with van der Waals surface area (Å²) in [5, 5.41) is 0. The Labute approximate surface area is 90.5 Å². The van der Waals surface area contributed by atoms with Crippen molar-refractivity contribution in [3.8, 4) is 0 Å². The van der Waals surface area contributed by atoms with Gasteiger partial charge in [0, 0.05) is 5.41 Å². The molecule has 1 aliphatic rings. The van der Waals surface area contributed by atoms with Gasteiger partial charge in [0.2, 0.25) is 0 Å². The van der Waals surface area contributed by atoms with E-state index in [0.717, 1.165) is 19.1 Å². The average molecular weight is 164 g/mol. The van der Waals surface area contributed by atoms with E-state index in [1.807, 2.05) is 13.8 Å². The van der Waals surface area contributed by atoms with Crippen molar-refractivity contribution < 1.29 is 40.6 Å². The van der Waals surface area contributed by atoms with Crippen LogP contribution in [0.2, 0.25) is 0 Å². The smallest absolute Gasteiger partial charge is 1.00 e. The molecule has 58 valence electrons. The van der Waals surface area contributed by atoms with Crippen LogP contribution in [0.5, 0.6) is 0 Å². The van der Waals surface area contributed by atoms with Gasteiger partial charge >= 0.3 is 29.6 Å². The molecule has 0 N–H and O–H groups in total. The van der Waals surface area contributed by atoms with E-state index in [1.165, 1.54) is 0 Å². The van der Waals surface area contributed by atoms with Crippen molar-refractivity contribution in [2.24, 2.45) is 11.3 Å². The van der Waals surface area contributed by atoms with Crippen molar-refractivity contribution in [2.45, 2.75) is 26.7 Å². The second kappa shape index (κ2) is 3.83. The van der Waals surface area contributed by atoms with Crippen molar-refractivity contribution in [3.05, 3.63) is 0 Å². The van der Waals surface area contributed by atoms with Gasteiger partial charge in [-0.3, -0.25) is 4.79 Å². The predicted molar refractivity (Wildman–Crippen MR) is 38.7 cm³/mol. The Balaban J connectivity index is 0. The number of aldehydes is 1. The average Bonchev–Trinajstić information content (AvgIpc) is 2.10. The Hall–Kier alpha value is 0.340. The minimum absolute atomic E-state index is 0. The molecule has 0 aromatic rings. The molecule has 1 aliphatic carbocycles. The minimum Gasteiger partial charge on any atom is -1.00 e. The molecular formula is C8H13NaO2. The van der Waals surface area contributed by atoms with Gasteiger partial charge in [0.25, 0.3) is 0 Å². The molecule has 1 fully saturated rings. The first kappa shape index (κ1) is 11.3. The zero-order valence-corrected chi connectivity index (χ0v) is 9.39. The number of rotatable bonds is 1. The fraction of sp³-hybridized carbons (Fsp3) is 0.750. The normalized spacial score (nSPS) is 27.8. The molecule has 0 spiro atoms. The van der Waals surface area contributed by atoms with Gasteiger partial charge in [-0.15, -0.1) is 0 Å². The van der Waals surface area contributed by atoms with Crippen LogP contribution in [-0.4, -0.2) is 12.1 Å². The second-order valence-corrected chi connectivity index (χ2v) is 3.53. The van der Waals surface area contributed by atoms with E-state index in [2.05, 4.69) is 0 Å². The number of carbonyl (C=O) groups is 2. The van der Waals surface area contributed by atoms with Crippen LogP contribution >= 0.6 is 0 Å². The summed E-state index contributed by atoms with van der Waals surface area (Å²) in [6, 6.07) is 0. The molecule has 0 amide bonds. The molecule has 0 radical (unpaired) electrons. The molecule has 0 aromatic heterocycles. The van der Waals surface area contributed by atoms with E-state index in [1.54, 1.807) is 0 Å². The Morgan fingerprint density at radius 1 is 1.64 bits per heavy atom. The van der Waals surface area contributed by atoms with E-state index in [-0.39, 0.29) is 48.1 Å². The molecule has 3 heteroatoms. The van der Waals surface area contributed by atoms with Crippen LogP contribution in [0.15, 0.2) is 0 Å². The van der Waals surface area contributed by atoms with Crippen molar-refractivity contribution >= 4 is 12.1 Å². The fourth-order valence-corrected chi connectivity index (χ4v) is 1.40. The molecule has 1 rings (SSSR count). The van der Waals surface area contributed by atoms with Crippen molar-refractivity contribution in [2.75, 3.05) is 0 Å². The van der Waals surface area contributed by atoms with E-state index < -0.39 is 0 Å². The minimum atomic E-state index is -0.310. The Morgan fingerprint density at radius 2 is 2.18 bits per heavy atom. The molecule has 0 bridgehead atoms.